The number of carbonyl (C=O) groups is 2. The van der Waals surface area contributed by atoms with Gasteiger partial charge in [0.1, 0.15) is 6.10 Å². The van der Waals surface area contributed by atoms with Gasteiger partial charge in [-0.15, -0.1) is 0 Å². The minimum absolute atomic E-state index is 0.00880. The lowest BCUT2D eigenvalue weighted by Crippen LogP contribution is -2.10. The smallest absolute Gasteiger partial charge is 0.375 e. The topological polar surface area (TPSA) is 52.6 Å². The average molecular weight is 196 g/mol. The summed E-state index contributed by atoms with van der Waals surface area (Å²) in [5, 5.41) is 0. The largest absolute Gasteiger partial charge is 0.452 e. The van der Waals surface area contributed by atoms with Crippen LogP contribution in [0.1, 0.15) is 20.8 Å². The molecule has 1 aliphatic heterocycles. The van der Waals surface area contributed by atoms with Crippen molar-refractivity contribution in [2.75, 3.05) is 0 Å². The van der Waals surface area contributed by atoms with E-state index in [0.717, 1.165) is 0 Å². The zero-order valence-electron chi connectivity index (χ0n) is 8.42. The Bertz CT molecular complexity index is 338. The van der Waals surface area contributed by atoms with Crippen LogP contribution in [0.4, 0.5) is 0 Å². The van der Waals surface area contributed by atoms with Crippen LogP contribution in [-0.4, -0.2) is 18.0 Å². The molecule has 0 radical (unpaired) electrons. The van der Waals surface area contributed by atoms with Gasteiger partial charge in [0.25, 0.3) is 0 Å². The Morgan fingerprint density at radius 2 is 2.14 bits per heavy atom. The molecular formula is C10H12O4. The molecule has 1 unspecified atom stereocenters. The molecule has 1 rings (SSSR count). The van der Waals surface area contributed by atoms with Crippen molar-refractivity contribution in [3.63, 3.8) is 0 Å². The van der Waals surface area contributed by atoms with Crippen LogP contribution < -0.4 is 0 Å². The Hall–Kier alpha value is -1.58. The fourth-order valence-corrected chi connectivity index (χ4v) is 0.950. The van der Waals surface area contributed by atoms with Crippen LogP contribution >= 0.6 is 0 Å². The van der Waals surface area contributed by atoms with E-state index < -0.39 is 11.9 Å². The second kappa shape index (κ2) is 3.65. The third kappa shape index (κ3) is 1.84. The van der Waals surface area contributed by atoms with Crippen molar-refractivity contribution in [2.45, 2.75) is 26.9 Å². The molecule has 1 aliphatic rings. The predicted molar refractivity (Wildman–Crippen MR) is 49.2 cm³/mol. The maximum absolute atomic E-state index is 11.2. The summed E-state index contributed by atoms with van der Waals surface area (Å²) in [6.07, 6.45) is -0.324. The van der Waals surface area contributed by atoms with Gasteiger partial charge < -0.3 is 9.47 Å². The summed E-state index contributed by atoms with van der Waals surface area (Å²) in [7, 11) is 0. The standard InChI is InChI=1S/C10H12O4/c1-5(2)9(11)14-8-6(3)7(4)13-10(8)12/h7H,1H2,2-4H3. The number of hydrogen-bond donors (Lipinski definition) is 0. The molecule has 0 fully saturated rings. The van der Waals surface area contributed by atoms with E-state index in [9.17, 15) is 9.59 Å². The van der Waals surface area contributed by atoms with Crippen LogP contribution in [-0.2, 0) is 19.1 Å². The Kier molecular flexibility index (Phi) is 2.74. The number of hydrogen-bond acceptors (Lipinski definition) is 4. The third-order valence-electron chi connectivity index (χ3n) is 1.98. The average Bonchev–Trinajstić information content (AvgIpc) is 2.32. The van der Waals surface area contributed by atoms with Crippen molar-refractivity contribution in [1.82, 2.24) is 0 Å². The zero-order chi connectivity index (χ0) is 10.9. The summed E-state index contributed by atoms with van der Waals surface area (Å²) in [4.78, 5) is 22.3. The highest BCUT2D eigenvalue weighted by Gasteiger charge is 2.31. The first-order valence-electron chi connectivity index (χ1n) is 4.23. The molecule has 76 valence electrons. The summed E-state index contributed by atoms with van der Waals surface area (Å²) in [6.45, 7) is 8.34. The van der Waals surface area contributed by atoms with E-state index in [1.165, 1.54) is 6.92 Å². The quantitative estimate of drug-likeness (QED) is 0.493. The highest BCUT2D eigenvalue weighted by molar-refractivity contribution is 5.96. The normalized spacial score (nSPS) is 20.8. The highest BCUT2D eigenvalue weighted by Crippen LogP contribution is 2.23. The number of ether oxygens (including phenoxy) is 2. The summed E-state index contributed by atoms with van der Waals surface area (Å²) in [6, 6.07) is 0. The van der Waals surface area contributed by atoms with Crippen LogP contribution in [0.2, 0.25) is 0 Å². The molecule has 0 aromatic heterocycles. The second-order valence-corrected chi connectivity index (χ2v) is 3.23. The minimum Gasteiger partial charge on any atom is -0.452 e. The third-order valence-corrected chi connectivity index (χ3v) is 1.98. The van der Waals surface area contributed by atoms with Gasteiger partial charge in [0.05, 0.1) is 0 Å². The Labute approximate surface area is 82.2 Å². The van der Waals surface area contributed by atoms with Crippen LogP contribution in [0.5, 0.6) is 0 Å². The molecule has 0 aliphatic carbocycles. The summed E-state index contributed by atoms with van der Waals surface area (Å²) in [5.74, 6) is -1.21. The number of cyclic esters (lactones) is 1. The van der Waals surface area contributed by atoms with Gasteiger partial charge in [-0.25, -0.2) is 9.59 Å². The molecule has 14 heavy (non-hydrogen) atoms. The first-order chi connectivity index (χ1) is 6.43. The molecule has 1 heterocycles. The van der Waals surface area contributed by atoms with Crippen LogP contribution in [0, 0.1) is 0 Å². The van der Waals surface area contributed by atoms with Gasteiger partial charge >= 0.3 is 11.9 Å². The van der Waals surface area contributed by atoms with Crippen LogP contribution in [0.15, 0.2) is 23.5 Å². The monoisotopic (exact) mass is 196 g/mol. The molecule has 0 spiro atoms. The van der Waals surface area contributed by atoms with Crippen LogP contribution in [0.3, 0.4) is 0 Å². The van der Waals surface area contributed by atoms with Gasteiger partial charge in [-0.1, -0.05) is 6.58 Å². The molecule has 1 atom stereocenters. The molecule has 4 heteroatoms. The predicted octanol–water partition coefficient (Wildman–Crippen LogP) is 1.32. The molecular weight excluding hydrogens is 184 g/mol. The summed E-state index contributed by atoms with van der Waals surface area (Å²) < 4.78 is 9.68. The number of carbonyl (C=O) groups excluding carboxylic acids is 2. The van der Waals surface area contributed by atoms with Gasteiger partial charge in [0.2, 0.25) is 5.76 Å². The SMILES string of the molecule is C=C(C)C(=O)OC1=C(C)C(C)OC1=O. The van der Waals surface area contributed by atoms with Crippen molar-refractivity contribution in [3.8, 4) is 0 Å². The molecule has 0 N–H and O–H groups in total. The highest BCUT2D eigenvalue weighted by atomic mass is 16.6. The number of esters is 2. The van der Waals surface area contributed by atoms with E-state index >= 15 is 0 Å². The molecule has 0 saturated carbocycles. The lowest BCUT2D eigenvalue weighted by Gasteiger charge is -2.01. The van der Waals surface area contributed by atoms with Crippen molar-refractivity contribution in [1.29, 1.82) is 0 Å². The Morgan fingerprint density at radius 1 is 1.57 bits per heavy atom. The molecule has 0 aromatic carbocycles. The van der Waals surface area contributed by atoms with E-state index in [1.54, 1.807) is 13.8 Å². The van der Waals surface area contributed by atoms with Gasteiger partial charge in [0, 0.05) is 11.1 Å². The van der Waals surface area contributed by atoms with Crippen molar-refractivity contribution >= 4 is 11.9 Å². The lowest BCUT2D eigenvalue weighted by atomic mass is 10.2. The van der Waals surface area contributed by atoms with E-state index in [0.29, 0.717) is 5.57 Å². The maximum atomic E-state index is 11.2. The second-order valence-electron chi connectivity index (χ2n) is 3.23. The van der Waals surface area contributed by atoms with Gasteiger partial charge in [-0.05, 0) is 20.8 Å². The summed E-state index contributed by atoms with van der Waals surface area (Å²) in [5.41, 5.74) is 0.877. The maximum Gasteiger partial charge on any atom is 0.375 e. The van der Waals surface area contributed by atoms with Crippen molar-refractivity contribution in [2.24, 2.45) is 0 Å². The van der Waals surface area contributed by atoms with E-state index in [2.05, 4.69) is 6.58 Å². The van der Waals surface area contributed by atoms with Gasteiger partial charge in [0.15, 0.2) is 0 Å². The lowest BCUT2D eigenvalue weighted by molar-refractivity contribution is -0.148. The molecule has 4 nitrogen and oxygen atoms in total. The van der Waals surface area contributed by atoms with E-state index in [-0.39, 0.29) is 17.4 Å². The molecule has 0 saturated heterocycles. The van der Waals surface area contributed by atoms with Gasteiger partial charge in [-0.3, -0.25) is 0 Å². The summed E-state index contributed by atoms with van der Waals surface area (Å²) >= 11 is 0. The Balaban J connectivity index is 2.83. The molecule has 0 bridgehead atoms. The van der Waals surface area contributed by atoms with Gasteiger partial charge in [-0.2, -0.15) is 0 Å². The first-order valence-corrected chi connectivity index (χ1v) is 4.23. The zero-order valence-corrected chi connectivity index (χ0v) is 8.42. The fraction of sp³-hybridized carbons (Fsp3) is 0.400. The Morgan fingerprint density at radius 3 is 2.50 bits per heavy atom. The molecule has 0 aromatic rings. The van der Waals surface area contributed by atoms with E-state index in [1.807, 2.05) is 0 Å². The molecule has 0 amide bonds. The fourth-order valence-electron chi connectivity index (χ4n) is 0.950. The van der Waals surface area contributed by atoms with Crippen molar-refractivity contribution < 1.29 is 19.1 Å². The first kappa shape index (κ1) is 10.5. The van der Waals surface area contributed by atoms with Crippen LogP contribution in [0.25, 0.3) is 0 Å². The number of rotatable bonds is 2. The van der Waals surface area contributed by atoms with E-state index in [4.69, 9.17) is 9.47 Å². The van der Waals surface area contributed by atoms with Crippen molar-refractivity contribution in [3.05, 3.63) is 23.5 Å². The minimum atomic E-state index is -0.606.